The predicted octanol–water partition coefficient (Wildman–Crippen LogP) is 2.74. The van der Waals surface area contributed by atoms with Gasteiger partial charge in [0.05, 0.1) is 25.0 Å². The second kappa shape index (κ2) is 5.74. The van der Waals surface area contributed by atoms with Gasteiger partial charge in [0, 0.05) is 6.54 Å². The van der Waals surface area contributed by atoms with Crippen LogP contribution in [0.5, 0.6) is 5.75 Å². The molecule has 0 saturated heterocycles. The molecule has 4 nitrogen and oxygen atoms in total. The number of methoxy groups -OCH3 is 1. The molecule has 4 heteroatoms. The van der Waals surface area contributed by atoms with Crippen molar-refractivity contribution in [1.29, 1.82) is 0 Å². The summed E-state index contributed by atoms with van der Waals surface area (Å²) in [5, 5.41) is 4.35. The molecule has 0 spiro atoms. The fourth-order valence-corrected chi connectivity index (χ4v) is 3.16. The summed E-state index contributed by atoms with van der Waals surface area (Å²) in [6, 6.07) is 0.0546. The molecule has 1 aromatic heterocycles. The lowest BCUT2D eigenvalue weighted by Crippen LogP contribution is -2.23. The molecule has 102 valence electrons. The van der Waals surface area contributed by atoms with Crippen molar-refractivity contribution in [3.05, 3.63) is 11.9 Å². The Morgan fingerprint density at radius 1 is 1.50 bits per heavy atom. The van der Waals surface area contributed by atoms with Crippen LogP contribution in [-0.4, -0.2) is 16.9 Å². The first-order valence-electron chi connectivity index (χ1n) is 7.06. The zero-order chi connectivity index (χ0) is 13.1. The minimum atomic E-state index is 0.0546. The Bertz CT molecular complexity index is 367. The van der Waals surface area contributed by atoms with E-state index >= 15 is 0 Å². The van der Waals surface area contributed by atoms with Gasteiger partial charge < -0.3 is 10.5 Å². The first kappa shape index (κ1) is 13.4. The first-order valence-corrected chi connectivity index (χ1v) is 7.06. The van der Waals surface area contributed by atoms with Gasteiger partial charge in [-0.25, -0.2) is 0 Å². The van der Waals surface area contributed by atoms with Crippen LogP contribution in [0.25, 0.3) is 0 Å². The van der Waals surface area contributed by atoms with Crippen LogP contribution in [0.1, 0.15) is 51.3 Å². The molecule has 1 aliphatic rings. The predicted molar refractivity (Wildman–Crippen MR) is 72.5 cm³/mol. The van der Waals surface area contributed by atoms with E-state index in [0.29, 0.717) is 5.92 Å². The second-order valence-corrected chi connectivity index (χ2v) is 5.29. The largest absolute Gasteiger partial charge is 0.493 e. The number of rotatable bonds is 5. The van der Waals surface area contributed by atoms with Crippen LogP contribution >= 0.6 is 0 Å². The number of nitrogens with two attached hydrogens (primary N) is 1. The third kappa shape index (κ3) is 2.39. The van der Waals surface area contributed by atoms with E-state index in [4.69, 9.17) is 10.5 Å². The van der Waals surface area contributed by atoms with E-state index in [2.05, 4.69) is 18.9 Å². The summed E-state index contributed by atoms with van der Waals surface area (Å²) in [6.45, 7) is 5.21. The molecule has 0 bridgehead atoms. The number of aryl methyl sites for hydroxylation is 1. The average Bonchev–Trinajstić information content (AvgIpc) is 3.03. The van der Waals surface area contributed by atoms with Gasteiger partial charge in [-0.2, -0.15) is 5.10 Å². The summed E-state index contributed by atoms with van der Waals surface area (Å²) in [5.74, 6) is 2.26. The van der Waals surface area contributed by atoms with Gasteiger partial charge in [-0.05, 0) is 31.6 Å². The van der Waals surface area contributed by atoms with Gasteiger partial charge in [-0.3, -0.25) is 4.68 Å². The van der Waals surface area contributed by atoms with Gasteiger partial charge in [-0.15, -0.1) is 0 Å². The topological polar surface area (TPSA) is 53.1 Å². The highest BCUT2D eigenvalue weighted by Crippen LogP contribution is 2.41. The molecule has 3 atom stereocenters. The fourth-order valence-electron chi connectivity index (χ4n) is 3.16. The molecule has 1 aromatic rings. The zero-order valence-corrected chi connectivity index (χ0v) is 11.7. The summed E-state index contributed by atoms with van der Waals surface area (Å²) >= 11 is 0. The van der Waals surface area contributed by atoms with E-state index in [-0.39, 0.29) is 6.04 Å². The van der Waals surface area contributed by atoms with Gasteiger partial charge in [0.25, 0.3) is 0 Å². The van der Waals surface area contributed by atoms with E-state index in [1.807, 2.05) is 4.68 Å². The van der Waals surface area contributed by atoms with Crippen LogP contribution in [0.3, 0.4) is 0 Å². The van der Waals surface area contributed by atoms with E-state index in [1.165, 1.54) is 25.7 Å². The van der Waals surface area contributed by atoms with Crippen LogP contribution in [0.2, 0.25) is 0 Å². The summed E-state index contributed by atoms with van der Waals surface area (Å²) in [6.07, 6.45) is 6.85. The summed E-state index contributed by atoms with van der Waals surface area (Å²) in [5.41, 5.74) is 7.54. The van der Waals surface area contributed by atoms with Crippen LogP contribution < -0.4 is 10.5 Å². The second-order valence-electron chi connectivity index (χ2n) is 5.29. The third-order valence-corrected chi connectivity index (χ3v) is 4.35. The van der Waals surface area contributed by atoms with Crippen molar-refractivity contribution in [2.24, 2.45) is 17.6 Å². The Hall–Kier alpha value is -1.03. The summed E-state index contributed by atoms with van der Waals surface area (Å²) < 4.78 is 7.37. The molecule has 0 amide bonds. The lowest BCUT2D eigenvalue weighted by molar-refractivity contribution is 0.364. The fraction of sp³-hybridized carbons (Fsp3) is 0.786. The van der Waals surface area contributed by atoms with Crippen molar-refractivity contribution in [2.45, 2.75) is 52.1 Å². The normalized spacial score (nSPS) is 25.3. The van der Waals surface area contributed by atoms with E-state index in [1.54, 1.807) is 13.3 Å². The average molecular weight is 251 g/mol. The van der Waals surface area contributed by atoms with Crippen molar-refractivity contribution in [3.63, 3.8) is 0 Å². The van der Waals surface area contributed by atoms with E-state index < -0.39 is 0 Å². The van der Waals surface area contributed by atoms with Crippen LogP contribution in [0, 0.1) is 11.8 Å². The molecule has 0 radical (unpaired) electrons. The van der Waals surface area contributed by atoms with Gasteiger partial charge in [0.2, 0.25) is 0 Å². The van der Waals surface area contributed by atoms with Gasteiger partial charge in [0.1, 0.15) is 0 Å². The zero-order valence-electron chi connectivity index (χ0n) is 11.7. The van der Waals surface area contributed by atoms with Crippen LogP contribution in [-0.2, 0) is 6.54 Å². The molecule has 18 heavy (non-hydrogen) atoms. The monoisotopic (exact) mass is 251 g/mol. The van der Waals surface area contributed by atoms with Crippen molar-refractivity contribution in [2.75, 3.05) is 7.11 Å². The van der Waals surface area contributed by atoms with Crippen LogP contribution in [0.15, 0.2) is 6.20 Å². The number of nitrogens with zero attached hydrogens (tertiary/aromatic N) is 2. The molecular formula is C14H25N3O. The maximum Gasteiger partial charge on any atom is 0.161 e. The Morgan fingerprint density at radius 3 is 2.83 bits per heavy atom. The summed E-state index contributed by atoms with van der Waals surface area (Å²) in [7, 11) is 1.69. The molecule has 1 fully saturated rings. The molecule has 2 rings (SSSR count). The minimum absolute atomic E-state index is 0.0546. The van der Waals surface area contributed by atoms with Crippen molar-refractivity contribution < 1.29 is 4.74 Å². The number of hydrogen-bond donors (Lipinski definition) is 1. The van der Waals surface area contributed by atoms with E-state index in [9.17, 15) is 0 Å². The van der Waals surface area contributed by atoms with Gasteiger partial charge >= 0.3 is 0 Å². The van der Waals surface area contributed by atoms with E-state index in [0.717, 1.165) is 23.9 Å². The maximum absolute atomic E-state index is 6.47. The minimum Gasteiger partial charge on any atom is -0.493 e. The van der Waals surface area contributed by atoms with Crippen molar-refractivity contribution >= 4 is 0 Å². The van der Waals surface area contributed by atoms with Crippen molar-refractivity contribution in [1.82, 2.24) is 9.78 Å². The lowest BCUT2D eigenvalue weighted by atomic mass is 9.94. The number of aromatic nitrogens is 2. The van der Waals surface area contributed by atoms with Gasteiger partial charge in [0.15, 0.2) is 5.75 Å². The van der Waals surface area contributed by atoms with Crippen LogP contribution in [0.4, 0.5) is 0 Å². The SMILES string of the molecule is CCC1CCC(C(N)c2c(OC)cnn2CC)C1. The maximum atomic E-state index is 6.47. The molecule has 1 heterocycles. The number of ether oxygens (including phenoxy) is 1. The Balaban J connectivity index is 2.17. The molecule has 2 N–H and O–H groups in total. The highest BCUT2D eigenvalue weighted by molar-refractivity contribution is 5.28. The Labute approximate surface area is 110 Å². The van der Waals surface area contributed by atoms with Gasteiger partial charge in [-0.1, -0.05) is 19.8 Å². The molecule has 0 aromatic carbocycles. The quantitative estimate of drug-likeness (QED) is 0.875. The Morgan fingerprint density at radius 2 is 2.28 bits per heavy atom. The molecular weight excluding hydrogens is 226 g/mol. The van der Waals surface area contributed by atoms with Crippen molar-refractivity contribution in [3.8, 4) is 5.75 Å². The standard InChI is InChI=1S/C14H25N3O/c1-4-10-6-7-11(8-10)13(15)14-12(18-3)9-16-17(14)5-2/h9-11,13H,4-8,15H2,1-3H3. The molecule has 0 aliphatic heterocycles. The highest BCUT2D eigenvalue weighted by atomic mass is 16.5. The first-order chi connectivity index (χ1) is 8.71. The summed E-state index contributed by atoms with van der Waals surface area (Å²) in [4.78, 5) is 0. The third-order valence-electron chi connectivity index (χ3n) is 4.35. The lowest BCUT2D eigenvalue weighted by Gasteiger charge is -2.21. The smallest absolute Gasteiger partial charge is 0.161 e. The molecule has 1 aliphatic carbocycles. The molecule has 1 saturated carbocycles. The molecule has 3 unspecified atom stereocenters. The Kier molecular flexibility index (Phi) is 4.27. The highest BCUT2D eigenvalue weighted by Gasteiger charge is 2.32. The number of hydrogen-bond acceptors (Lipinski definition) is 3.